The maximum absolute atomic E-state index is 13.0. The molecule has 9 nitrogen and oxygen atoms in total. The summed E-state index contributed by atoms with van der Waals surface area (Å²) in [6.45, 7) is 2.07. The minimum absolute atomic E-state index is 0.178. The molecule has 4 rings (SSSR count). The fourth-order valence-corrected chi connectivity index (χ4v) is 3.43. The van der Waals surface area contributed by atoms with Crippen LogP contribution in [0.2, 0.25) is 0 Å². The van der Waals surface area contributed by atoms with Crippen LogP contribution in [0.1, 0.15) is 24.0 Å². The number of nitrogens with one attached hydrogen (secondary N) is 2. The third kappa shape index (κ3) is 3.72. The summed E-state index contributed by atoms with van der Waals surface area (Å²) < 4.78 is 38.3. The summed E-state index contributed by atoms with van der Waals surface area (Å²) in [5.41, 5.74) is 0.542. The number of pyridine rings is 1. The number of nitrogens with zero attached hydrogens (tertiary/aromatic N) is 5. The molecule has 0 radical (unpaired) electrons. The van der Waals surface area contributed by atoms with Crippen LogP contribution in [0.3, 0.4) is 0 Å². The lowest BCUT2D eigenvalue weighted by Crippen LogP contribution is -2.49. The topological polar surface area (TPSA) is 103 Å². The van der Waals surface area contributed by atoms with Crippen LogP contribution in [0.4, 0.5) is 35.3 Å². The van der Waals surface area contributed by atoms with Crippen LogP contribution in [0, 0.1) is 0 Å². The molecule has 0 aromatic carbocycles. The highest BCUT2D eigenvalue weighted by Gasteiger charge is 2.42. The molecule has 2 atom stereocenters. The molecular weight excluding hydrogens is 403 g/mol. The van der Waals surface area contributed by atoms with Crippen LogP contribution in [0.15, 0.2) is 30.6 Å². The Kier molecular flexibility index (Phi) is 4.92. The van der Waals surface area contributed by atoms with Gasteiger partial charge in [0, 0.05) is 19.3 Å². The van der Waals surface area contributed by atoms with Crippen molar-refractivity contribution < 1.29 is 22.8 Å². The summed E-state index contributed by atoms with van der Waals surface area (Å²) in [6.07, 6.45) is -1.02. The zero-order valence-electron chi connectivity index (χ0n) is 15.8. The standard InChI is InChI=1S/C18H18F3N7O2/c1-10(18(19,20)21)24-16(29)14-23-8-12-15(26-14)28(11-5-7-27(12)9-11)17(30)25-13-4-2-3-6-22-13/h2-4,6,8,10-11H,5,7,9H2,1H3,(H,24,29)(H,22,25,30)/t10?,11-/m0/s1. The van der Waals surface area contributed by atoms with E-state index in [1.54, 1.807) is 18.2 Å². The van der Waals surface area contributed by atoms with E-state index in [0.29, 0.717) is 31.0 Å². The van der Waals surface area contributed by atoms with E-state index >= 15 is 0 Å². The molecule has 12 heteroatoms. The number of amides is 3. The highest BCUT2D eigenvalue weighted by atomic mass is 19.4. The van der Waals surface area contributed by atoms with Gasteiger partial charge in [-0.2, -0.15) is 13.2 Å². The number of urea groups is 1. The number of hydrogen-bond acceptors (Lipinski definition) is 6. The predicted octanol–water partition coefficient (Wildman–Crippen LogP) is 2.18. The average Bonchev–Trinajstić information content (AvgIpc) is 3.12. The predicted molar refractivity (Wildman–Crippen MR) is 101 cm³/mol. The van der Waals surface area contributed by atoms with Gasteiger partial charge in [-0.05, 0) is 25.5 Å². The minimum atomic E-state index is -4.59. The smallest absolute Gasteiger partial charge is 0.365 e. The summed E-state index contributed by atoms with van der Waals surface area (Å²) in [5.74, 6) is -0.990. The van der Waals surface area contributed by atoms with Crippen molar-refractivity contribution in [2.24, 2.45) is 0 Å². The quantitative estimate of drug-likeness (QED) is 0.788. The van der Waals surface area contributed by atoms with E-state index in [1.165, 1.54) is 17.3 Å². The molecule has 2 aromatic rings. The first-order chi connectivity index (χ1) is 14.2. The van der Waals surface area contributed by atoms with E-state index in [-0.39, 0.29) is 11.9 Å². The molecule has 2 bridgehead atoms. The van der Waals surface area contributed by atoms with E-state index in [4.69, 9.17) is 0 Å². The van der Waals surface area contributed by atoms with Gasteiger partial charge >= 0.3 is 12.2 Å². The number of halogens is 3. The Morgan fingerprint density at radius 1 is 1.27 bits per heavy atom. The Morgan fingerprint density at radius 2 is 2.07 bits per heavy atom. The van der Waals surface area contributed by atoms with Crippen LogP contribution in [0.5, 0.6) is 0 Å². The summed E-state index contributed by atoms with van der Waals surface area (Å²) >= 11 is 0. The molecule has 4 heterocycles. The van der Waals surface area contributed by atoms with Crippen molar-refractivity contribution in [2.75, 3.05) is 28.2 Å². The minimum Gasteiger partial charge on any atom is -0.365 e. The monoisotopic (exact) mass is 421 g/mol. The number of hydrogen-bond donors (Lipinski definition) is 2. The van der Waals surface area contributed by atoms with Gasteiger partial charge in [0.05, 0.1) is 17.9 Å². The van der Waals surface area contributed by atoms with Crippen molar-refractivity contribution in [3.05, 3.63) is 36.4 Å². The number of fused-ring (bicyclic) bond motifs is 4. The molecule has 0 saturated carbocycles. The fraction of sp³-hybridized carbons (Fsp3) is 0.389. The lowest BCUT2D eigenvalue weighted by Gasteiger charge is -2.35. The number of carbonyl (C=O) groups is 2. The Balaban J connectivity index is 1.63. The lowest BCUT2D eigenvalue weighted by molar-refractivity contribution is -0.149. The Morgan fingerprint density at radius 3 is 2.77 bits per heavy atom. The van der Waals surface area contributed by atoms with Crippen molar-refractivity contribution >= 4 is 29.3 Å². The summed E-state index contributed by atoms with van der Waals surface area (Å²) in [7, 11) is 0. The summed E-state index contributed by atoms with van der Waals surface area (Å²) in [5, 5.41) is 4.52. The molecule has 0 aliphatic carbocycles. The zero-order valence-corrected chi connectivity index (χ0v) is 15.8. The number of alkyl halides is 3. The van der Waals surface area contributed by atoms with Crippen molar-refractivity contribution in [1.82, 2.24) is 20.3 Å². The van der Waals surface area contributed by atoms with Crippen LogP contribution in [-0.2, 0) is 0 Å². The van der Waals surface area contributed by atoms with E-state index < -0.39 is 30.0 Å². The summed E-state index contributed by atoms with van der Waals surface area (Å²) in [6, 6.07) is 2.31. The van der Waals surface area contributed by atoms with Gasteiger partial charge in [0.15, 0.2) is 5.82 Å². The zero-order chi connectivity index (χ0) is 21.5. The number of anilines is 3. The maximum Gasteiger partial charge on any atom is 0.408 e. The van der Waals surface area contributed by atoms with Gasteiger partial charge in [-0.15, -0.1) is 0 Å². The van der Waals surface area contributed by atoms with Crippen molar-refractivity contribution in [1.29, 1.82) is 0 Å². The molecule has 2 aromatic heterocycles. The number of rotatable bonds is 3. The lowest BCUT2D eigenvalue weighted by atomic mass is 10.2. The van der Waals surface area contributed by atoms with Gasteiger partial charge in [-0.3, -0.25) is 15.0 Å². The SMILES string of the molecule is CC(NC(=O)c1ncc2c(n1)N(C(=O)Nc1ccccn1)[C@H]1CCN2C1)C(F)(F)F. The molecule has 1 fully saturated rings. The molecule has 30 heavy (non-hydrogen) atoms. The van der Waals surface area contributed by atoms with Crippen LogP contribution in [0.25, 0.3) is 0 Å². The van der Waals surface area contributed by atoms with E-state index in [0.717, 1.165) is 6.92 Å². The van der Waals surface area contributed by atoms with Gasteiger partial charge < -0.3 is 10.2 Å². The fourth-order valence-electron chi connectivity index (χ4n) is 3.43. The number of aromatic nitrogens is 3. The highest BCUT2D eigenvalue weighted by Crippen LogP contribution is 2.38. The molecule has 3 amide bonds. The third-order valence-electron chi connectivity index (χ3n) is 5.01. The molecule has 1 unspecified atom stereocenters. The largest absolute Gasteiger partial charge is 0.408 e. The second-order valence-corrected chi connectivity index (χ2v) is 7.04. The van der Waals surface area contributed by atoms with E-state index in [9.17, 15) is 22.8 Å². The van der Waals surface area contributed by atoms with Crippen molar-refractivity contribution in [2.45, 2.75) is 31.6 Å². The molecule has 2 aliphatic heterocycles. The molecule has 2 N–H and O–H groups in total. The van der Waals surface area contributed by atoms with E-state index in [1.807, 2.05) is 10.2 Å². The Labute approximate surface area is 169 Å². The Hall–Kier alpha value is -3.44. The molecule has 158 valence electrons. The van der Waals surface area contributed by atoms with Crippen molar-refractivity contribution in [3.8, 4) is 0 Å². The van der Waals surface area contributed by atoms with Crippen molar-refractivity contribution in [3.63, 3.8) is 0 Å². The van der Waals surface area contributed by atoms with Gasteiger partial charge in [-0.1, -0.05) is 6.07 Å². The first kappa shape index (κ1) is 19.9. The van der Waals surface area contributed by atoms with Crippen LogP contribution >= 0.6 is 0 Å². The van der Waals surface area contributed by atoms with Crippen LogP contribution < -0.4 is 20.4 Å². The maximum atomic E-state index is 13.0. The third-order valence-corrected chi connectivity index (χ3v) is 5.01. The van der Waals surface area contributed by atoms with Gasteiger partial charge in [0.2, 0.25) is 5.82 Å². The second-order valence-electron chi connectivity index (χ2n) is 7.04. The average molecular weight is 421 g/mol. The second kappa shape index (κ2) is 7.43. The summed E-state index contributed by atoms with van der Waals surface area (Å²) in [4.78, 5) is 40.7. The highest BCUT2D eigenvalue weighted by molar-refractivity contribution is 6.04. The normalized spacial score (nSPS) is 18.6. The van der Waals surface area contributed by atoms with Gasteiger partial charge in [0.1, 0.15) is 11.9 Å². The first-order valence-corrected chi connectivity index (χ1v) is 9.25. The number of carbonyl (C=O) groups excluding carboxylic acids is 2. The van der Waals surface area contributed by atoms with Gasteiger partial charge in [0.25, 0.3) is 5.91 Å². The molecule has 1 saturated heterocycles. The Bertz CT molecular complexity index is 970. The van der Waals surface area contributed by atoms with Crippen LogP contribution in [-0.4, -0.2) is 58.2 Å². The van der Waals surface area contributed by atoms with Gasteiger partial charge in [-0.25, -0.2) is 19.7 Å². The van der Waals surface area contributed by atoms with E-state index in [2.05, 4.69) is 20.3 Å². The first-order valence-electron chi connectivity index (χ1n) is 9.25. The molecule has 2 aliphatic rings. The molecular formula is C18H18F3N7O2. The molecule has 0 spiro atoms.